The van der Waals surface area contributed by atoms with E-state index in [2.05, 4.69) is 4.90 Å². The van der Waals surface area contributed by atoms with Gasteiger partial charge in [0.05, 0.1) is 41.2 Å². The highest BCUT2D eigenvalue weighted by Gasteiger charge is 2.56. The molecule has 0 bridgehead atoms. The highest BCUT2D eigenvalue weighted by Crippen LogP contribution is 2.51. The summed E-state index contributed by atoms with van der Waals surface area (Å²) in [4.78, 5) is 11.9. The molecule has 4 rings (SSSR count). The fraction of sp³-hybridized carbons (Fsp3) is 0.600. The van der Waals surface area contributed by atoms with Gasteiger partial charge in [-0.25, -0.2) is 9.97 Å². The Hall–Kier alpha value is -1.60. The second-order valence-corrected chi connectivity index (χ2v) is 7.65. The predicted octanol–water partition coefficient (Wildman–Crippen LogP) is 1.63. The minimum Gasteiger partial charge on any atom is -0.392 e. The first kappa shape index (κ1) is 17.8. The van der Waals surface area contributed by atoms with Crippen LogP contribution in [0, 0.1) is 12.3 Å². The number of rotatable bonds is 5. The number of aryl methyl sites for hydroxylation is 1. The maximum absolute atomic E-state index is 10.4. The van der Waals surface area contributed by atoms with Crippen molar-refractivity contribution < 1.29 is 9.84 Å². The number of ether oxygens (including phenoxy) is 1. The Bertz CT molecular complexity index is 773. The molecule has 1 aromatic heterocycles. The maximum Gasteiger partial charge on any atom is 0.0890 e. The first-order valence-electron chi connectivity index (χ1n) is 9.57. The van der Waals surface area contributed by atoms with Crippen molar-refractivity contribution in [1.29, 1.82) is 0 Å². The molecule has 6 heteroatoms. The number of aliphatic hydroxyl groups is 1. The molecule has 2 fully saturated rings. The van der Waals surface area contributed by atoms with Gasteiger partial charge in [0.25, 0.3) is 0 Å². The number of nitrogens with two attached hydrogens (primary N) is 1. The topological polar surface area (TPSA) is 84.5 Å². The van der Waals surface area contributed by atoms with Crippen molar-refractivity contribution in [3.05, 3.63) is 35.7 Å². The molecule has 2 atom stereocenters. The molecule has 26 heavy (non-hydrogen) atoms. The molecule has 2 aromatic rings. The number of fused-ring (bicyclic) bond motifs is 1. The van der Waals surface area contributed by atoms with Crippen LogP contribution in [0.5, 0.6) is 0 Å². The van der Waals surface area contributed by atoms with E-state index in [-0.39, 0.29) is 17.6 Å². The number of aromatic nitrogens is 2. The molecule has 2 heterocycles. The van der Waals surface area contributed by atoms with Gasteiger partial charge in [-0.2, -0.15) is 0 Å². The Balaban J connectivity index is 1.42. The van der Waals surface area contributed by atoms with Gasteiger partial charge in [-0.1, -0.05) is 12.1 Å². The summed E-state index contributed by atoms with van der Waals surface area (Å²) in [6.07, 6.45) is 2.59. The molecule has 140 valence electrons. The number of likely N-dealkylation sites (tertiary alicyclic amines) is 1. The molecular weight excluding hydrogens is 328 g/mol. The van der Waals surface area contributed by atoms with E-state index >= 15 is 0 Å². The zero-order chi connectivity index (χ0) is 18.1. The lowest BCUT2D eigenvalue weighted by Gasteiger charge is -2.56. The third-order valence-corrected chi connectivity index (χ3v) is 6.18. The van der Waals surface area contributed by atoms with Gasteiger partial charge in [-0.15, -0.1) is 0 Å². The van der Waals surface area contributed by atoms with Crippen molar-refractivity contribution in [2.45, 2.75) is 44.9 Å². The third-order valence-electron chi connectivity index (χ3n) is 6.18. The van der Waals surface area contributed by atoms with Crippen molar-refractivity contribution in [2.75, 3.05) is 26.2 Å². The van der Waals surface area contributed by atoms with E-state index in [0.29, 0.717) is 13.2 Å². The van der Waals surface area contributed by atoms with Crippen LogP contribution in [0.1, 0.15) is 30.7 Å². The average molecular weight is 356 g/mol. The minimum absolute atomic E-state index is 0.0736. The van der Waals surface area contributed by atoms with Crippen molar-refractivity contribution in [3.8, 4) is 0 Å². The molecular formula is C20H28N4O2. The van der Waals surface area contributed by atoms with Gasteiger partial charge in [0.1, 0.15) is 0 Å². The van der Waals surface area contributed by atoms with Gasteiger partial charge in [0.2, 0.25) is 0 Å². The standard InChI is InChI=1S/C20H28N4O2/c1-14-17(23-16-5-3-2-4-15(16)22-14)13-24-9-6-20(7-10-24)18(25)12-19(20)26-11-8-21/h2-5,18-19,25H,6-13,21H2,1H3. The Morgan fingerprint density at radius 1 is 1.23 bits per heavy atom. The molecule has 0 radical (unpaired) electrons. The van der Waals surface area contributed by atoms with Crippen molar-refractivity contribution in [2.24, 2.45) is 11.1 Å². The number of para-hydroxylation sites is 2. The van der Waals surface area contributed by atoms with Gasteiger partial charge >= 0.3 is 0 Å². The summed E-state index contributed by atoms with van der Waals surface area (Å²) in [6.45, 7) is 5.86. The Kier molecular flexibility index (Phi) is 4.92. The van der Waals surface area contributed by atoms with E-state index < -0.39 is 0 Å². The SMILES string of the molecule is Cc1nc2ccccc2nc1CN1CCC2(CC1)C(O)CC2OCCN. The maximum atomic E-state index is 10.4. The van der Waals surface area contributed by atoms with Crippen molar-refractivity contribution in [1.82, 2.24) is 14.9 Å². The second-order valence-electron chi connectivity index (χ2n) is 7.65. The van der Waals surface area contributed by atoms with Crippen LogP contribution >= 0.6 is 0 Å². The minimum atomic E-state index is -0.241. The molecule has 1 aliphatic heterocycles. The molecule has 0 amide bonds. The van der Waals surface area contributed by atoms with Crippen LogP contribution in [0.15, 0.2) is 24.3 Å². The lowest BCUT2D eigenvalue weighted by Crippen LogP contribution is -2.62. The molecule has 1 aromatic carbocycles. The predicted molar refractivity (Wildman–Crippen MR) is 101 cm³/mol. The van der Waals surface area contributed by atoms with Crippen LogP contribution in [0.25, 0.3) is 11.0 Å². The summed E-state index contributed by atoms with van der Waals surface area (Å²) in [5, 5.41) is 10.4. The van der Waals surface area contributed by atoms with Crippen LogP contribution in [-0.4, -0.2) is 58.4 Å². The molecule has 6 nitrogen and oxygen atoms in total. The van der Waals surface area contributed by atoms with Crippen LogP contribution < -0.4 is 5.73 Å². The van der Waals surface area contributed by atoms with E-state index in [1.165, 1.54) is 0 Å². The first-order valence-corrected chi connectivity index (χ1v) is 9.57. The fourth-order valence-corrected chi connectivity index (χ4v) is 4.44. The summed E-state index contributed by atoms with van der Waals surface area (Å²) in [5.41, 5.74) is 9.43. The number of aliphatic hydroxyl groups excluding tert-OH is 1. The fourth-order valence-electron chi connectivity index (χ4n) is 4.44. The smallest absolute Gasteiger partial charge is 0.0890 e. The molecule has 2 unspecified atom stereocenters. The van der Waals surface area contributed by atoms with Crippen LogP contribution in [0.4, 0.5) is 0 Å². The zero-order valence-electron chi connectivity index (χ0n) is 15.4. The molecule has 1 saturated carbocycles. The van der Waals surface area contributed by atoms with E-state index in [1.54, 1.807) is 0 Å². The molecule has 1 saturated heterocycles. The van der Waals surface area contributed by atoms with E-state index in [0.717, 1.165) is 61.3 Å². The van der Waals surface area contributed by atoms with Crippen molar-refractivity contribution >= 4 is 11.0 Å². The summed E-state index contributed by atoms with van der Waals surface area (Å²) in [6, 6.07) is 8.01. The van der Waals surface area contributed by atoms with Gasteiger partial charge in [0, 0.05) is 24.9 Å². The van der Waals surface area contributed by atoms with Crippen molar-refractivity contribution in [3.63, 3.8) is 0 Å². The highest BCUT2D eigenvalue weighted by molar-refractivity contribution is 5.74. The number of nitrogens with zero attached hydrogens (tertiary/aromatic N) is 3. The number of benzene rings is 1. The second kappa shape index (κ2) is 7.19. The van der Waals surface area contributed by atoms with E-state index in [4.69, 9.17) is 20.4 Å². The Morgan fingerprint density at radius 2 is 1.92 bits per heavy atom. The monoisotopic (exact) mass is 356 g/mol. The number of piperidine rings is 1. The molecule has 1 aliphatic carbocycles. The van der Waals surface area contributed by atoms with E-state index in [1.807, 2.05) is 31.2 Å². The lowest BCUT2D eigenvalue weighted by molar-refractivity contribution is -0.210. The Morgan fingerprint density at radius 3 is 2.58 bits per heavy atom. The van der Waals surface area contributed by atoms with Gasteiger partial charge in [0.15, 0.2) is 0 Å². The number of hydrogen-bond acceptors (Lipinski definition) is 6. The summed E-state index contributed by atoms with van der Waals surface area (Å²) < 4.78 is 5.89. The normalized spacial score (nSPS) is 25.5. The van der Waals surface area contributed by atoms with Crippen LogP contribution in [0.3, 0.4) is 0 Å². The lowest BCUT2D eigenvalue weighted by atomic mass is 9.58. The summed E-state index contributed by atoms with van der Waals surface area (Å²) >= 11 is 0. The van der Waals surface area contributed by atoms with Crippen LogP contribution in [0.2, 0.25) is 0 Å². The summed E-state index contributed by atoms with van der Waals surface area (Å²) in [5.74, 6) is 0. The quantitative estimate of drug-likeness (QED) is 0.847. The summed E-state index contributed by atoms with van der Waals surface area (Å²) in [7, 11) is 0. The van der Waals surface area contributed by atoms with Gasteiger partial charge in [-0.3, -0.25) is 4.90 Å². The Labute approximate surface area is 154 Å². The highest BCUT2D eigenvalue weighted by atomic mass is 16.5. The average Bonchev–Trinajstić information content (AvgIpc) is 2.66. The largest absolute Gasteiger partial charge is 0.392 e. The van der Waals surface area contributed by atoms with Crippen LogP contribution in [-0.2, 0) is 11.3 Å². The molecule has 3 N–H and O–H groups in total. The third kappa shape index (κ3) is 3.11. The molecule has 2 aliphatic rings. The van der Waals surface area contributed by atoms with E-state index in [9.17, 15) is 5.11 Å². The first-order chi connectivity index (χ1) is 12.6. The van der Waals surface area contributed by atoms with Gasteiger partial charge < -0.3 is 15.6 Å². The van der Waals surface area contributed by atoms with Gasteiger partial charge in [-0.05, 0) is 45.0 Å². The number of hydrogen-bond donors (Lipinski definition) is 2. The zero-order valence-corrected chi connectivity index (χ0v) is 15.4. The molecule has 1 spiro atoms.